The van der Waals surface area contributed by atoms with Crippen LogP contribution in [0.3, 0.4) is 0 Å². The van der Waals surface area contributed by atoms with Crippen molar-refractivity contribution in [2.45, 2.75) is 43.3 Å². The molecule has 4 unspecified atom stereocenters. The Kier molecular flexibility index (Phi) is 3.60. The SMILES string of the molecule is COC1CCCC2(OCCS2)C1C(C)O. The van der Waals surface area contributed by atoms with E-state index in [2.05, 4.69) is 0 Å². The normalized spacial score (nSPS) is 43.4. The molecule has 88 valence electrons. The van der Waals surface area contributed by atoms with Crippen molar-refractivity contribution >= 4 is 11.8 Å². The van der Waals surface area contributed by atoms with E-state index in [-0.39, 0.29) is 23.1 Å². The maximum absolute atomic E-state index is 9.93. The number of thioether (sulfide) groups is 1. The summed E-state index contributed by atoms with van der Waals surface area (Å²) in [5.41, 5.74) is 0. The summed E-state index contributed by atoms with van der Waals surface area (Å²) in [6, 6.07) is 0. The molecule has 2 rings (SSSR count). The monoisotopic (exact) mass is 232 g/mol. The van der Waals surface area contributed by atoms with Crippen LogP contribution in [0.5, 0.6) is 0 Å². The first-order valence-corrected chi connectivity index (χ1v) is 6.67. The number of hydrogen-bond acceptors (Lipinski definition) is 4. The van der Waals surface area contributed by atoms with Crippen LogP contribution in [-0.4, -0.2) is 41.7 Å². The Bertz CT molecular complexity index is 214. The largest absolute Gasteiger partial charge is 0.393 e. The maximum atomic E-state index is 9.93. The molecule has 3 nitrogen and oxygen atoms in total. The van der Waals surface area contributed by atoms with Gasteiger partial charge in [0.25, 0.3) is 0 Å². The molecule has 1 N–H and O–H groups in total. The van der Waals surface area contributed by atoms with E-state index in [0.717, 1.165) is 31.6 Å². The van der Waals surface area contributed by atoms with E-state index in [0.29, 0.717) is 0 Å². The van der Waals surface area contributed by atoms with Crippen LogP contribution < -0.4 is 0 Å². The fourth-order valence-corrected chi connectivity index (χ4v) is 4.44. The molecule has 0 radical (unpaired) electrons. The summed E-state index contributed by atoms with van der Waals surface area (Å²) in [6.45, 7) is 2.66. The third-order valence-corrected chi connectivity index (χ3v) is 4.97. The van der Waals surface area contributed by atoms with Crippen LogP contribution in [0.15, 0.2) is 0 Å². The minimum absolute atomic E-state index is 0.115. The van der Waals surface area contributed by atoms with Crippen molar-refractivity contribution in [3.05, 3.63) is 0 Å². The summed E-state index contributed by atoms with van der Waals surface area (Å²) in [6.07, 6.45) is 3.00. The fraction of sp³-hybridized carbons (Fsp3) is 1.00. The van der Waals surface area contributed by atoms with Gasteiger partial charge in [0, 0.05) is 18.8 Å². The van der Waals surface area contributed by atoms with Gasteiger partial charge in [0.05, 0.1) is 18.8 Å². The van der Waals surface area contributed by atoms with Crippen molar-refractivity contribution in [2.24, 2.45) is 5.92 Å². The van der Waals surface area contributed by atoms with Gasteiger partial charge in [0.2, 0.25) is 0 Å². The molecule has 0 bridgehead atoms. The molecule has 1 saturated carbocycles. The fourth-order valence-electron chi connectivity index (χ4n) is 2.93. The molecule has 4 atom stereocenters. The van der Waals surface area contributed by atoms with Crippen molar-refractivity contribution in [2.75, 3.05) is 19.5 Å². The van der Waals surface area contributed by atoms with E-state index in [9.17, 15) is 5.11 Å². The Morgan fingerprint density at radius 1 is 1.60 bits per heavy atom. The average Bonchev–Trinajstić information content (AvgIpc) is 2.66. The molecule has 0 aromatic heterocycles. The molecule has 15 heavy (non-hydrogen) atoms. The molecule has 0 aromatic rings. The summed E-state index contributed by atoms with van der Waals surface area (Å²) < 4.78 is 11.4. The average molecular weight is 232 g/mol. The summed E-state index contributed by atoms with van der Waals surface area (Å²) in [5, 5.41) is 9.93. The highest BCUT2D eigenvalue weighted by molar-refractivity contribution is 8.00. The summed E-state index contributed by atoms with van der Waals surface area (Å²) in [5.74, 6) is 1.16. The molecule has 1 aliphatic carbocycles. The summed E-state index contributed by atoms with van der Waals surface area (Å²) >= 11 is 1.86. The predicted molar refractivity (Wildman–Crippen MR) is 61.0 cm³/mol. The molecule has 1 aliphatic heterocycles. The first-order chi connectivity index (χ1) is 7.19. The highest BCUT2D eigenvalue weighted by Crippen LogP contribution is 2.50. The minimum atomic E-state index is -0.360. The van der Waals surface area contributed by atoms with Gasteiger partial charge in [-0.15, -0.1) is 11.8 Å². The van der Waals surface area contributed by atoms with E-state index < -0.39 is 0 Å². The summed E-state index contributed by atoms with van der Waals surface area (Å²) in [4.78, 5) is -0.174. The van der Waals surface area contributed by atoms with Crippen molar-refractivity contribution in [1.29, 1.82) is 0 Å². The molecular formula is C11H20O3S. The Morgan fingerprint density at radius 2 is 2.40 bits per heavy atom. The van der Waals surface area contributed by atoms with Crippen LogP contribution in [0, 0.1) is 5.92 Å². The van der Waals surface area contributed by atoms with Crippen molar-refractivity contribution in [3.8, 4) is 0 Å². The van der Waals surface area contributed by atoms with Crippen LogP contribution in [-0.2, 0) is 9.47 Å². The lowest BCUT2D eigenvalue weighted by Gasteiger charge is -2.45. The maximum Gasteiger partial charge on any atom is 0.121 e. The Balaban J connectivity index is 2.19. The van der Waals surface area contributed by atoms with Gasteiger partial charge in [-0.25, -0.2) is 0 Å². The van der Waals surface area contributed by atoms with Gasteiger partial charge in [-0.1, -0.05) is 0 Å². The van der Waals surface area contributed by atoms with E-state index in [1.807, 2.05) is 18.7 Å². The molecule has 0 amide bonds. The van der Waals surface area contributed by atoms with Gasteiger partial charge in [-0.05, 0) is 26.2 Å². The number of aliphatic hydroxyl groups is 1. The van der Waals surface area contributed by atoms with Crippen molar-refractivity contribution in [1.82, 2.24) is 0 Å². The molecule has 0 aromatic carbocycles. The van der Waals surface area contributed by atoms with Crippen LogP contribution in [0.4, 0.5) is 0 Å². The molecule has 2 aliphatic rings. The topological polar surface area (TPSA) is 38.7 Å². The van der Waals surface area contributed by atoms with Crippen molar-refractivity contribution < 1.29 is 14.6 Å². The van der Waals surface area contributed by atoms with Gasteiger partial charge < -0.3 is 14.6 Å². The second-order valence-electron chi connectivity index (χ2n) is 4.44. The van der Waals surface area contributed by atoms with E-state index in [1.165, 1.54) is 0 Å². The van der Waals surface area contributed by atoms with Crippen LogP contribution in [0.1, 0.15) is 26.2 Å². The standard InChI is InChI=1S/C11H20O3S/c1-8(12)10-9(13-2)4-3-5-11(10)14-6-7-15-11/h8-10,12H,3-7H2,1-2H3. The van der Waals surface area contributed by atoms with Crippen LogP contribution >= 0.6 is 11.8 Å². The smallest absolute Gasteiger partial charge is 0.121 e. The minimum Gasteiger partial charge on any atom is -0.393 e. The van der Waals surface area contributed by atoms with E-state index in [1.54, 1.807) is 7.11 Å². The zero-order chi connectivity index (χ0) is 10.9. The van der Waals surface area contributed by atoms with Gasteiger partial charge >= 0.3 is 0 Å². The lowest BCUT2D eigenvalue weighted by atomic mass is 9.80. The Hall–Kier alpha value is 0.230. The van der Waals surface area contributed by atoms with Crippen LogP contribution in [0.2, 0.25) is 0 Å². The van der Waals surface area contributed by atoms with Crippen molar-refractivity contribution in [3.63, 3.8) is 0 Å². The highest BCUT2D eigenvalue weighted by atomic mass is 32.2. The lowest BCUT2D eigenvalue weighted by Crippen LogP contribution is -2.51. The first kappa shape index (κ1) is 11.7. The molecule has 1 saturated heterocycles. The predicted octanol–water partition coefficient (Wildman–Crippen LogP) is 1.64. The zero-order valence-electron chi connectivity index (χ0n) is 9.44. The second-order valence-corrected chi connectivity index (χ2v) is 5.83. The number of aliphatic hydroxyl groups excluding tert-OH is 1. The summed E-state index contributed by atoms with van der Waals surface area (Å²) in [7, 11) is 1.73. The molecule has 4 heteroatoms. The molecular weight excluding hydrogens is 212 g/mol. The second kappa shape index (κ2) is 4.62. The highest BCUT2D eigenvalue weighted by Gasteiger charge is 2.51. The molecule has 2 fully saturated rings. The van der Waals surface area contributed by atoms with Gasteiger partial charge in [0.15, 0.2) is 0 Å². The van der Waals surface area contributed by atoms with Gasteiger partial charge in [-0.2, -0.15) is 0 Å². The quantitative estimate of drug-likeness (QED) is 0.785. The Morgan fingerprint density at radius 3 is 2.93 bits per heavy atom. The zero-order valence-corrected chi connectivity index (χ0v) is 10.3. The van der Waals surface area contributed by atoms with Gasteiger partial charge in [0.1, 0.15) is 4.93 Å². The van der Waals surface area contributed by atoms with E-state index >= 15 is 0 Å². The number of ether oxygens (including phenoxy) is 2. The molecule has 1 heterocycles. The Labute approximate surface area is 95.5 Å². The lowest BCUT2D eigenvalue weighted by molar-refractivity contribution is -0.124. The number of hydrogen-bond donors (Lipinski definition) is 1. The number of rotatable bonds is 2. The van der Waals surface area contributed by atoms with Crippen LogP contribution in [0.25, 0.3) is 0 Å². The third-order valence-electron chi connectivity index (χ3n) is 3.52. The van der Waals surface area contributed by atoms with Gasteiger partial charge in [-0.3, -0.25) is 0 Å². The van der Waals surface area contributed by atoms with E-state index in [4.69, 9.17) is 9.47 Å². The third kappa shape index (κ3) is 2.05. The molecule has 1 spiro atoms. The first-order valence-electron chi connectivity index (χ1n) is 5.68. The number of methoxy groups -OCH3 is 1.